The Labute approximate surface area is 273 Å². The minimum atomic E-state index is -3.61. The van der Waals surface area contributed by atoms with Crippen molar-refractivity contribution in [1.29, 1.82) is 0 Å². The number of benzene rings is 2. The molecule has 2 aromatic rings. The molecule has 0 aromatic heterocycles. The fourth-order valence-corrected chi connectivity index (χ4v) is 9.31. The summed E-state index contributed by atoms with van der Waals surface area (Å²) in [5.74, 6) is 0.199. The molecule has 246 valence electrons. The minimum absolute atomic E-state index is 0.0317. The normalized spacial score (nSPS) is 25.0. The third-order valence-corrected chi connectivity index (χ3v) is 12.0. The van der Waals surface area contributed by atoms with Crippen LogP contribution in [0.1, 0.15) is 74.9 Å². The van der Waals surface area contributed by atoms with E-state index in [0.717, 1.165) is 54.9 Å². The van der Waals surface area contributed by atoms with Crippen molar-refractivity contribution < 1.29 is 27.8 Å². The molecular weight excluding hydrogens is 612 g/mol. The first-order chi connectivity index (χ1) is 21.1. The molecule has 5 atom stereocenters. The number of sulfonamides is 1. The van der Waals surface area contributed by atoms with Crippen molar-refractivity contribution >= 4 is 33.3 Å². The molecule has 10 heteroatoms. The molecular formula is C35H47ClN2O6S. The third kappa shape index (κ3) is 7.22. The molecule has 3 aliphatic rings. The summed E-state index contributed by atoms with van der Waals surface area (Å²) >= 11 is 6.40. The SMILES string of the molecule is CO[C@@H](/C(C)=C/C(C)C(C)(C)CS(N)(=O)=O)[C@@H]1CC[C@H]1CN1C[C@@]2(CCCc3cc(Cl)ccc32)COc2ccc(C(=O)O)cc21. The number of carboxylic acids is 1. The Bertz CT molecular complexity index is 1570. The number of methoxy groups -OCH3 is 1. The number of hydrogen-bond acceptors (Lipinski definition) is 6. The Balaban J connectivity index is 1.44. The summed E-state index contributed by atoms with van der Waals surface area (Å²) < 4.78 is 36.4. The highest BCUT2D eigenvalue weighted by molar-refractivity contribution is 7.89. The van der Waals surface area contributed by atoms with E-state index in [1.165, 1.54) is 11.1 Å². The lowest BCUT2D eigenvalue weighted by Crippen LogP contribution is -2.50. The van der Waals surface area contributed by atoms with E-state index in [9.17, 15) is 18.3 Å². The molecule has 1 fully saturated rings. The van der Waals surface area contributed by atoms with Gasteiger partial charge in [0.1, 0.15) is 5.75 Å². The molecule has 1 aliphatic heterocycles. The van der Waals surface area contributed by atoms with Gasteiger partial charge in [-0.2, -0.15) is 0 Å². The Morgan fingerprint density at radius 1 is 1.27 bits per heavy atom. The quantitative estimate of drug-likeness (QED) is 0.282. The van der Waals surface area contributed by atoms with E-state index in [1.807, 2.05) is 26.8 Å². The Morgan fingerprint density at radius 2 is 2.02 bits per heavy atom. The van der Waals surface area contributed by atoms with Crippen LogP contribution < -0.4 is 14.8 Å². The molecule has 0 radical (unpaired) electrons. The number of aryl methyl sites for hydroxylation is 1. The maximum Gasteiger partial charge on any atom is 0.335 e. The van der Waals surface area contributed by atoms with Crippen molar-refractivity contribution in [3.63, 3.8) is 0 Å². The minimum Gasteiger partial charge on any atom is -0.490 e. The molecule has 8 nitrogen and oxygen atoms in total. The molecule has 2 aromatic carbocycles. The zero-order valence-corrected chi connectivity index (χ0v) is 28.6. The fraction of sp³-hybridized carbons (Fsp3) is 0.571. The molecule has 1 unspecified atom stereocenters. The Hall–Kier alpha value is -2.59. The summed E-state index contributed by atoms with van der Waals surface area (Å²) in [6.45, 7) is 9.93. The van der Waals surface area contributed by atoms with E-state index in [4.69, 9.17) is 26.2 Å². The summed E-state index contributed by atoms with van der Waals surface area (Å²) in [5, 5.41) is 16.0. The first-order valence-electron chi connectivity index (χ1n) is 15.9. The van der Waals surface area contributed by atoms with Gasteiger partial charge >= 0.3 is 5.97 Å². The van der Waals surface area contributed by atoms with Gasteiger partial charge in [-0.15, -0.1) is 0 Å². The number of nitrogens with two attached hydrogens (primary N) is 1. The van der Waals surface area contributed by atoms with Crippen LogP contribution in [0.3, 0.4) is 0 Å². The molecule has 0 saturated heterocycles. The van der Waals surface area contributed by atoms with Crippen LogP contribution in [0.5, 0.6) is 5.75 Å². The highest BCUT2D eigenvalue weighted by Crippen LogP contribution is 2.47. The number of rotatable bonds is 10. The zero-order valence-electron chi connectivity index (χ0n) is 27.0. The van der Waals surface area contributed by atoms with Gasteiger partial charge in [-0.1, -0.05) is 44.5 Å². The van der Waals surface area contributed by atoms with Gasteiger partial charge in [-0.25, -0.2) is 18.4 Å². The van der Waals surface area contributed by atoms with E-state index in [0.29, 0.717) is 24.8 Å². The molecule has 0 bridgehead atoms. The molecule has 0 amide bonds. The average molecular weight is 659 g/mol. The summed E-state index contributed by atoms with van der Waals surface area (Å²) in [5.41, 5.74) is 3.89. The standard InChI is InChI=1S/C35H47ClN2O6S/c1-22(15-23(2)34(3,4)21-45(37,41)42)32(43-5)28-11-8-26(28)18-38-19-35(14-6-7-24-16-27(36)10-12-29(24)35)20-44-31-13-9-25(33(39)40)17-30(31)38/h9-10,12-13,15-17,23,26,28,32H,6-8,11,14,18-21H2,1-5H3,(H,39,40)(H2,37,41,42)/b22-15+/t23?,26-,28+,32-,35-/m0/s1. The van der Waals surface area contributed by atoms with E-state index < -0.39 is 21.4 Å². The lowest BCUT2D eigenvalue weighted by molar-refractivity contribution is 0.00579. The number of allylic oxidation sites excluding steroid dienone is 1. The van der Waals surface area contributed by atoms with Gasteiger partial charge < -0.3 is 19.5 Å². The second-order valence-electron chi connectivity index (χ2n) is 14.2. The third-order valence-electron chi connectivity index (χ3n) is 10.6. The number of anilines is 1. The lowest BCUT2D eigenvalue weighted by atomic mass is 9.67. The Morgan fingerprint density at radius 3 is 2.67 bits per heavy atom. The largest absolute Gasteiger partial charge is 0.490 e. The molecule has 45 heavy (non-hydrogen) atoms. The average Bonchev–Trinajstić information content (AvgIpc) is 3.09. The van der Waals surface area contributed by atoms with Crippen molar-refractivity contribution in [2.75, 3.05) is 37.5 Å². The summed E-state index contributed by atoms with van der Waals surface area (Å²) in [6.07, 6.45) is 7.06. The van der Waals surface area contributed by atoms with E-state index >= 15 is 0 Å². The maximum absolute atomic E-state index is 12.0. The molecule has 1 spiro atoms. The van der Waals surface area contributed by atoms with Crippen LogP contribution in [0.2, 0.25) is 5.02 Å². The fourth-order valence-electron chi connectivity index (χ4n) is 7.81. The number of hydrogen-bond donors (Lipinski definition) is 2. The van der Waals surface area contributed by atoms with E-state index in [-0.39, 0.29) is 34.7 Å². The van der Waals surface area contributed by atoms with Crippen molar-refractivity contribution in [3.05, 3.63) is 69.8 Å². The van der Waals surface area contributed by atoms with Crippen molar-refractivity contribution in [3.8, 4) is 5.75 Å². The van der Waals surface area contributed by atoms with Crippen LogP contribution >= 0.6 is 11.6 Å². The predicted octanol–water partition coefficient (Wildman–Crippen LogP) is 6.45. The summed E-state index contributed by atoms with van der Waals surface area (Å²) in [6, 6.07) is 11.4. The summed E-state index contributed by atoms with van der Waals surface area (Å²) in [4.78, 5) is 14.4. The molecule has 3 N–H and O–H groups in total. The van der Waals surface area contributed by atoms with Gasteiger partial charge in [-0.3, -0.25) is 0 Å². The number of halogens is 1. The van der Waals surface area contributed by atoms with Crippen molar-refractivity contribution in [1.82, 2.24) is 0 Å². The number of carbonyl (C=O) groups is 1. The van der Waals surface area contributed by atoms with Crippen LogP contribution in [-0.4, -0.2) is 58.2 Å². The number of ether oxygens (including phenoxy) is 2. The molecule has 5 rings (SSSR count). The van der Waals surface area contributed by atoms with Gasteiger partial charge in [0, 0.05) is 30.6 Å². The number of primary sulfonamides is 1. The molecule has 1 saturated carbocycles. The Kier molecular flexibility index (Phi) is 9.68. The monoisotopic (exact) mass is 658 g/mol. The van der Waals surface area contributed by atoms with Crippen molar-refractivity contribution in [2.24, 2.45) is 28.3 Å². The van der Waals surface area contributed by atoms with Gasteiger partial charge in [-0.05, 0) is 109 Å². The van der Waals surface area contributed by atoms with Gasteiger partial charge in [0.2, 0.25) is 10.0 Å². The second kappa shape index (κ2) is 12.9. The van der Waals surface area contributed by atoms with Crippen LogP contribution in [0, 0.1) is 23.2 Å². The van der Waals surface area contributed by atoms with Crippen LogP contribution in [0.25, 0.3) is 0 Å². The van der Waals surface area contributed by atoms with Crippen LogP contribution in [0.15, 0.2) is 48.0 Å². The molecule has 1 heterocycles. The number of fused-ring (bicyclic) bond motifs is 3. The number of aromatic carboxylic acids is 1. The lowest BCUT2D eigenvalue weighted by Gasteiger charge is -2.46. The van der Waals surface area contributed by atoms with Gasteiger partial charge in [0.05, 0.1) is 29.7 Å². The first-order valence-corrected chi connectivity index (χ1v) is 18.0. The second-order valence-corrected chi connectivity index (χ2v) is 16.3. The summed E-state index contributed by atoms with van der Waals surface area (Å²) in [7, 11) is -1.87. The topological polar surface area (TPSA) is 119 Å². The zero-order chi connectivity index (χ0) is 32.7. The number of carboxylic acid groups (broad SMARTS) is 1. The smallest absolute Gasteiger partial charge is 0.335 e. The highest BCUT2D eigenvalue weighted by Gasteiger charge is 2.45. The van der Waals surface area contributed by atoms with Crippen LogP contribution in [-0.2, 0) is 26.6 Å². The van der Waals surface area contributed by atoms with Gasteiger partial charge in [0.15, 0.2) is 0 Å². The number of nitrogens with zero attached hydrogens (tertiary/aromatic N) is 1. The predicted molar refractivity (Wildman–Crippen MR) is 179 cm³/mol. The molecule has 2 aliphatic carbocycles. The van der Waals surface area contributed by atoms with E-state index in [1.54, 1.807) is 25.3 Å². The maximum atomic E-state index is 12.0. The van der Waals surface area contributed by atoms with Crippen molar-refractivity contribution in [2.45, 2.75) is 71.3 Å². The first kappa shape index (κ1) is 33.8. The highest BCUT2D eigenvalue weighted by atomic mass is 35.5. The van der Waals surface area contributed by atoms with E-state index in [2.05, 4.69) is 30.0 Å². The van der Waals surface area contributed by atoms with Gasteiger partial charge in [0.25, 0.3) is 0 Å². The van der Waals surface area contributed by atoms with Crippen LogP contribution in [0.4, 0.5) is 5.69 Å².